The number of hydrogen-bond donors (Lipinski definition) is 0. The maximum atomic E-state index is 13.4. The molecule has 0 unspecified atom stereocenters. The number of carbonyl (C=O) groups excluding carboxylic acids is 1. The van der Waals surface area contributed by atoms with Crippen molar-refractivity contribution in [2.45, 2.75) is 0 Å². The molecular weight excluding hydrogens is 342 g/mol. The highest BCUT2D eigenvalue weighted by molar-refractivity contribution is 7.17. The van der Waals surface area contributed by atoms with Crippen molar-refractivity contribution in [2.24, 2.45) is 0 Å². The molecule has 0 atom stereocenters. The van der Waals surface area contributed by atoms with Crippen LogP contribution in [0.3, 0.4) is 0 Å². The monoisotopic (exact) mass is 355 g/mol. The summed E-state index contributed by atoms with van der Waals surface area (Å²) in [5.74, 6) is 0.475. The second-order valence-electron chi connectivity index (χ2n) is 5.95. The summed E-state index contributed by atoms with van der Waals surface area (Å²) in [7, 11) is 0. The van der Waals surface area contributed by atoms with E-state index in [1.807, 2.05) is 64.5 Å². The zero-order valence-corrected chi connectivity index (χ0v) is 14.5. The Bertz CT molecular complexity index is 1250. The Kier molecular flexibility index (Phi) is 3.40. The third kappa shape index (κ3) is 2.25. The molecule has 0 aliphatic rings. The summed E-state index contributed by atoms with van der Waals surface area (Å²) < 4.78 is 2.94. The number of nitrogens with zero attached hydrogens (tertiary/aromatic N) is 3. The van der Waals surface area contributed by atoms with E-state index >= 15 is 0 Å². The summed E-state index contributed by atoms with van der Waals surface area (Å²) in [5, 5.41) is 3.90. The van der Waals surface area contributed by atoms with Crippen LogP contribution in [0.15, 0.2) is 78.4 Å². The number of para-hydroxylation sites is 1. The Hall–Kier alpha value is -3.31. The zero-order valence-electron chi connectivity index (χ0n) is 13.7. The van der Waals surface area contributed by atoms with E-state index in [1.54, 1.807) is 29.8 Å². The van der Waals surface area contributed by atoms with Crippen molar-refractivity contribution in [3.05, 3.63) is 89.7 Å². The number of ketones is 1. The first-order chi connectivity index (χ1) is 12.8. The summed E-state index contributed by atoms with van der Waals surface area (Å²) >= 11 is 1.58. The lowest BCUT2D eigenvalue weighted by Gasteiger charge is -2.07. The van der Waals surface area contributed by atoms with Crippen molar-refractivity contribution in [1.29, 1.82) is 0 Å². The van der Waals surface area contributed by atoms with Gasteiger partial charge in [-0.2, -0.15) is 0 Å². The van der Waals surface area contributed by atoms with Crippen LogP contribution < -0.4 is 0 Å². The van der Waals surface area contributed by atoms with Crippen LogP contribution in [0.25, 0.3) is 26.9 Å². The van der Waals surface area contributed by atoms with Gasteiger partial charge in [0.05, 0.1) is 11.2 Å². The fraction of sp³-hybridized carbons (Fsp3) is 0. The van der Waals surface area contributed by atoms with Gasteiger partial charge < -0.3 is 0 Å². The molecule has 0 bridgehead atoms. The number of thiophene rings is 1. The lowest BCUT2D eigenvalue weighted by molar-refractivity contribution is 0.103. The molecule has 5 rings (SSSR count). The molecule has 124 valence electrons. The predicted molar refractivity (Wildman–Crippen MR) is 104 cm³/mol. The molecule has 0 aliphatic heterocycles. The molecular formula is C21H13N3OS. The highest BCUT2D eigenvalue weighted by Crippen LogP contribution is 2.30. The van der Waals surface area contributed by atoms with Crippen molar-refractivity contribution in [3.63, 3.8) is 0 Å². The molecule has 4 nitrogen and oxygen atoms in total. The Morgan fingerprint density at radius 2 is 1.69 bits per heavy atom. The van der Waals surface area contributed by atoms with E-state index in [-0.39, 0.29) is 5.78 Å². The molecule has 0 radical (unpaired) electrons. The topological polar surface area (TPSA) is 47.8 Å². The van der Waals surface area contributed by atoms with Crippen LogP contribution >= 0.6 is 11.3 Å². The Morgan fingerprint density at radius 1 is 0.923 bits per heavy atom. The van der Waals surface area contributed by atoms with Crippen molar-refractivity contribution in [1.82, 2.24) is 14.5 Å². The Morgan fingerprint density at radius 3 is 2.58 bits per heavy atom. The summed E-state index contributed by atoms with van der Waals surface area (Å²) in [6, 6.07) is 19.6. The fourth-order valence-electron chi connectivity index (χ4n) is 3.24. The SMILES string of the molecule is O=C(c1csc2ccccc12)c1cc2ccccc2n1-c1ncccn1. The molecule has 26 heavy (non-hydrogen) atoms. The molecule has 3 heterocycles. The van der Waals surface area contributed by atoms with Crippen LogP contribution in [0.5, 0.6) is 0 Å². The molecule has 0 spiro atoms. The number of aromatic nitrogens is 3. The van der Waals surface area contributed by atoms with Crippen LogP contribution in [0, 0.1) is 0 Å². The zero-order chi connectivity index (χ0) is 17.5. The quantitative estimate of drug-likeness (QED) is 0.434. The van der Waals surface area contributed by atoms with E-state index in [2.05, 4.69) is 9.97 Å². The third-order valence-corrected chi connectivity index (χ3v) is 5.38. The summed E-state index contributed by atoms with van der Waals surface area (Å²) in [6.45, 7) is 0. The van der Waals surface area contributed by atoms with E-state index in [0.29, 0.717) is 17.2 Å². The van der Waals surface area contributed by atoms with E-state index in [4.69, 9.17) is 0 Å². The van der Waals surface area contributed by atoms with Gasteiger partial charge in [-0.1, -0.05) is 36.4 Å². The maximum Gasteiger partial charge on any atom is 0.234 e. The van der Waals surface area contributed by atoms with Crippen molar-refractivity contribution < 1.29 is 4.79 Å². The van der Waals surface area contributed by atoms with Gasteiger partial charge in [-0.15, -0.1) is 11.3 Å². The van der Waals surface area contributed by atoms with E-state index < -0.39 is 0 Å². The molecule has 2 aromatic carbocycles. The van der Waals surface area contributed by atoms with Crippen LogP contribution in [0.4, 0.5) is 0 Å². The molecule has 0 fully saturated rings. The molecule has 0 aliphatic carbocycles. The molecule has 0 amide bonds. The molecule has 0 saturated heterocycles. The first-order valence-corrected chi connectivity index (χ1v) is 9.10. The fourth-order valence-corrected chi connectivity index (χ4v) is 4.18. The van der Waals surface area contributed by atoms with Gasteiger partial charge in [0.25, 0.3) is 0 Å². The molecule has 5 heteroatoms. The standard InChI is InChI=1S/C21H13N3OS/c25-20(16-13-26-19-9-4-2-7-15(16)19)18-12-14-6-1-3-8-17(14)24(18)21-22-10-5-11-23-21/h1-13H. The minimum atomic E-state index is -0.0221. The van der Waals surface area contributed by atoms with Gasteiger partial charge in [-0.05, 0) is 24.3 Å². The summed E-state index contributed by atoms with van der Waals surface area (Å²) in [6.07, 6.45) is 3.37. The van der Waals surface area contributed by atoms with Gasteiger partial charge in [0, 0.05) is 38.8 Å². The highest BCUT2D eigenvalue weighted by Gasteiger charge is 2.21. The third-order valence-electron chi connectivity index (χ3n) is 4.42. The van der Waals surface area contributed by atoms with Crippen LogP contribution in [0.1, 0.15) is 16.1 Å². The van der Waals surface area contributed by atoms with Gasteiger partial charge in [0.2, 0.25) is 11.7 Å². The van der Waals surface area contributed by atoms with Gasteiger partial charge in [-0.25, -0.2) is 9.97 Å². The van der Waals surface area contributed by atoms with Crippen LogP contribution in [-0.4, -0.2) is 20.3 Å². The van der Waals surface area contributed by atoms with Gasteiger partial charge >= 0.3 is 0 Å². The largest absolute Gasteiger partial charge is 0.287 e. The second kappa shape index (κ2) is 5.89. The average molecular weight is 355 g/mol. The minimum absolute atomic E-state index is 0.0221. The van der Waals surface area contributed by atoms with E-state index in [1.165, 1.54) is 0 Å². The molecule has 5 aromatic rings. The predicted octanol–water partition coefficient (Wildman–Crippen LogP) is 4.87. The molecule has 0 saturated carbocycles. The van der Waals surface area contributed by atoms with Crippen molar-refractivity contribution in [3.8, 4) is 5.95 Å². The highest BCUT2D eigenvalue weighted by atomic mass is 32.1. The normalized spacial score (nSPS) is 11.2. The minimum Gasteiger partial charge on any atom is -0.287 e. The molecule has 3 aromatic heterocycles. The first-order valence-electron chi connectivity index (χ1n) is 8.22. The lowest BCUT2D eigenvalue weighted by atomic mass is 10.1. The van der Waals surface area contributed by atoms with E-state index in [9.17, 15) is 4.79 Å². The first kappa shape index (κ1) is 15.0. The smallest absolute Gasteiger partial charge is 0.234 e. The van der Waals surface area contributed by atoms with Gasteiger partial charge in [0.15, 0.2) is 0 Å². The molecule has 0 N–H and O–H groups in total. The lowest BCUT2D eigenvalue weighted by Crippen LogP contribution is -2.10. The van der Waals surface area contributed by atoms with Gasteiger partial charge in [-0.3, -0.25) is 9.36 Å². The summed E-state index contributed by atoms with van der Waals surface area (Å²) in [4.78, 5) is 22.1. The number of fused-ring (bicyclic) bond motifs is 2. The number of hydrogen-bond acceptors (Lipinski definition) is 4. The summed E-state index contributed by atoms with van der Waals surface area (Å²) in [5.41, 5.74) is 2.20. The van der Waals surface area contributed by atoms with Gasteiger partial charge in [0.1, 0.15) is 0 Å². The van der Waals surface area contributed by atoms with E-state index in [0.717, 1.165) is 21.0 Å². The van der Waals surface area contributed by atoms with Crippen LogP contribution in [-0.2, 0) is 0 Å². The van der Waals surface area contributed by atoms with Crippen LogP contribution in [0.2, 0.25) is 0 Å². The second-order valence-corrected chi connectivity index (χ2v) is 6.86. The number of benzene rings is 2. The Labute approximate surface area is 153 Å². The maximum absolute atomic E-state index is 13.4. The number of rotatable bonds is 3. The number of carbonyl (C=O) groups is 1. The average Bonchev–Trinajstić information content (AvgIpc) is 3.30. The Balaban J connectivity index is 1.78. The van der Waals surface area contributed by atoms with Crippen molar-refractivity contribution in [2.75, 3.05) is 0 Å². The van der Waals surface area contributed by atoms with Crippen molar-refractivity contribution >= 4 is 38.1 Å².